The van der Waals surface area contributed by atoms with Crippen molar-refractivity contribution in [3.8, 4) is 23.1 Å². The van der Waals surface area contributed by atoms with Gasteiger partial charge in [0.1, 0.15) is 24.0 Å². The molecule has 0 unspecified atom stereocenters. The lowest BCUT2D eigenvalue weighted by Gasteiger charge is -2.10. The molecule has 2 N–H and O–H groups in total. The minimum Gasteiger partial charge on any atom is -0.488 e. The average molecular weight is 490 g/mol. The number of aromatic nitrogens is 2. The lowest BCUT2D eigenvalue weighted by Crippen LogP contribution is -2.16. The summed E-state index contributed by atoms with van der Waals surface area (Å²) in [6.45, 7) is 0.292. The summed E-state index contributed by atoms with van der Waals surface area (Å²) in [5.41, 5.74) is 4.59. The number of anilines is 1. The normalized spacial score (nSPS) is 10.7. The van der Waals surface area contributed by atoms with Gasteiger partial charge in [0.25, 0.3) is 5.56 Å². The number of nitriles is 1. The van der Waals surface area contributed by atoms with Crippen LogP contribution in [0.3, 0.4) is 0 Å². The number of halogens is 2. The Morgan fingerprint density at radius 3 is 2.59 bits per heavy atom. The Hall–Kier alpha value is -4.12. The van der Waals surface area contributed by atoms with Crippen molar-refractivity contribution in [2.75, 3.05) is 5.43 Å². The molecule has 7 nitrogen and oxygen atoms in total. The van der Waals surface area contributed by atoms with Gasteiger partial charge < -0.3 is 4.74 Å². The van der Waals surface area contributed by atoms with Gasteiger partial charge in [-0.3, -0.25) is 9.78 Å². The highest BCUT2D eigenvalue weighted by Crippen LogP contribution is 2.24. The molecule has 34 heavy (non-hydrogen) atoms. The van der Waals surface area contributed by atoms with Crippen LogP contribution in [-0.2, 0) is 6.61 Å². The van der Waals surface area contributed by atoms with Crippen LogP contribution in [0.4, 0.5) is 5.95 Å². The number of hydrazone groups is 1. The van der Waals surface area contributed by atoms with Crippen molar-refractivity contribution in [2.24, 2.45) is 5.10 Å². The molecule has 0 radical (unpaired) electrons. The fourth-order valence-corrected chi connectivity index (χ4v) is 3.43. The van der Waals surface area contributed by atoms with Crippen LogP contribution in [-0.4, -0.2) is 16.2 Å². The molecular formula is C25H17Cl2N5O2. The molecule has 0 saturated carbocycles. The molecule has 0 saturated heterocycles. The number of nitrogens with zero attached hydrogens (tertiary/aromatic N) is 3. The molecule has 0 fully saturated rings. The quantitative estimate of drug-likeness (QED) is 0.258. The van der Waals surface area contributed by atoms with Gasteiger partial charge in [0.05, 0.1) is 22.0 Å². The second kappa shape index (κ2) is 10.7. The first-order valence-electron chi connectivity index (χ1n) is 10.1. The molecule has 3 aromatic carbocycles. The Bertz CT molecular complexity index is 1450. The van der Waals surface area contributed by atoms with Crippen LogP contribution in [0, 0.1) is 11.3 Å². The van der Waals surface area contributed by atoms with E-state index in [-0.39, 0.29) is 17.2 Å². The van der Waals surface area contributed by atoms with Crippen molar-refractivity contribution in [1.29, 1.82) is 5.26 Å². The molecule has 0 amide bonds. The summed E-state index contributed by atoms with van der Waals surface area (Å²) >= 11 is 12.0. The van der Waals surface area contributed by atoms with E-state index < -0.39 is 5.56 Å². The van der Waals surface area contributed by atoms with Crippen LogP contribution in [0.5, 0.6) is 5.75 Å². The molecule has 0 aliphatic carbocycles. The van der Waals surface area contributed by atoms with Crippen LogP contribution in [0.2, 0.25) is 10.0 Å². The third-order valence-corrected chi connectivity index (χ3v) is 5.49. The first-order chi connectivity index (χ1) is 16.5. The van der Waals surface area contributed by atoms with Gasteiger partial charge in [-0.2, -0.15) is 10.4 Å². The summed E-state index contributed by atoms with van der Waals surface area (Å²) in [5.74, 6) is 0.707. The number of hydrogen-bond donors (Lipinski definition) is 2. The van der Waals surface area contributed by atoms with Crippen LogP contribution >= 0.6 is 23.2 Å². The van der Waals surface area contributed by atoms with Gasteiger partial charge in [-0.25, -0.2) is 10.4 Å². The van der Waals surface area contributed by atoms with Crippen LogP contribution in [0.25, 0.3) is 11.3 Å². The molecular weight excluding hydrogens is 473 g/mol. The predicted molar refractivity (Wildman–Crippen MR) is 133 cm³/mol. The molecule has 0 aliphatic rings. The minimum atomic E-state index is -0.556. The summed E-state index contributed by atoms with van der Waals surface area (Å²) in [4.78, 5) is 19.3. The largest absolute Gasteiger partial charge is 0.488 e. The molecule has 0 bridgehead atoms. The molecule has 4 rings (SSSR count). The Morgan fingerprint density at radius 1 is 1.06 bits per heavy atom. The van der Waals surface area contributed by atoms with E-state index in [4.69, 9.17) is 27.9 Å². The second-order valence-electron chi connectivity index (χ2n) is 7.06. The third kappa shape index (κ3) is 5.44. The number of ether oxygens (including phenoxy) is 1. The maximum absolute atomic E-state index is 12.4. The number of para-hydroxylation sites is 1. The third-order valence-electron chi connectivity index (χ3n) is 4.75. The maximum Gasteiger partial charge on any atom is 0.270 e. The van der Waals surface area contributed by atoms with E-state index >= 15 is 0 Å². The van der Waals surface area contributed by atoms with Crippen molar-refractivity contribution in [2.45, 2.75) is 6.61 Å². The summed E-state index contributed by atoms with van der Waals surface area (Å²) in [6.07, 6.45) is 1.55. The lowest BCUT2D eigenvalue weighted by molar-refractivity contribution is 0.306. The lowest BCUT2D eigenvalue weighted by atomic mass is 10.1. The zero-order valence-corrected chi connectivity index (χ0v) is 19.1. The molecule has 9 heteroatoms. The van der Waals surface area contributed by atoms with Crippen LogP contribution < -0.4 is 15.7 Å². The van der Waals surface area contributed by atoms with E-state index in [0.29, 0.717) is 33.5 Å². The summed E-state index contributed by atoms with van der Waals surface area (Å²) in [7, 11) is 0. The van der Waals surface area contributed by atoms with Gasteiger partial charge in [0, 0.05) is 11.1 Å². The summed E-state index contributed by atoms with van der Waals surface area (Å²) in [5, 5.41) is 14.5. The van der Waals surface area contributed by atoms with E-state index in [2.05, 4.69) is 20.5 Å². The van der Waals surface area contributed by atoms with Crippen LogP contribution in [0.15, 0.2) is 82.7 Å². The SMILES string of the molecule is N#Cc1c(-c2ccccc2)nc(NN=Cc2ccccc2OCc2ccc(Cl)c(Cl)c2)[nH]c1=O. The highest BCUT2D eigenvalue weighted by Gasteiger charge is 2.13. The zero-order chi connectivity index (χ0) is 23.9. The molecule has 0 atom stereocenters. The van der Waals surface area contributed by atoms with Gasteiger partial charge in [-0.05, 0) is 29.8 Å². The second-order valence-corrected chi connectivity index (χ2v) is 7.88. The van der Waals surface area contributed by atoms with E-state index in [0.717, 1.165) is 5.56 Å². The van der Waals surface area contributed by atoms with Gasteiger partial charge in [0.2, 0.25) is 5.95 Å². The van der Waals surface area contributed by atoms with Crippen LogP contribution in [0.1, 0.15) is 16.7 Å². The zero-order valence-electron chi connectivity index (χ0n) is 17.6. The molecule has 0 spiro atoms. The topological polar surface area (TPSA) is 103 Å². The van der Waals surface area contributed by atoms with E-state index in [1.54, 1.807) is 42.6 Å². The fraction of sp³-hybridized carbons (Fsp3) is 0.0400. The standard InChI is InChI=1S/C25H17Cl2N5O2/c26-20-11-10-16(12-21(20)27)15-34-22-9-5-4-8-18(22)14-29-32-25-30-23(17-6-2-1-3-7-17)19(13-28)24(33)31-25/h1-12,14H,15H2,(H2,30,31,32,33). The molecule has 1 aromatic heterocycles. The number of H-pyrrole nitrogens is 1. The number of aromatic amines is 1. The van der Waals surface area contributed by atoms with Gasteiger partial charge >= 0.3 is 0 Å². The summed E-state index contributed by atoms with van der Waals surface area (Å²) < 4.78 is 5.92. The van der Waals surface area contributed by atoms with Crippen molar-refractivity contribution in [1.82, 2.24) is 9.97 Å². The monoisotopic (exact) mass is 489 g/mol. The van der Waals surface area contributed by atoms with Crippen molar-refractivity contribution in [3.63, 3.8) is 0 Å². The minimum absolute atomic E-state index is 0.0678. The molecule has 1 heterocycles. The highest BCUT2D eigenvalue weighted by atomic mass is 35.5. The van der Waals surface area contributed by atoms with Gasteiger partial charge in [-0.15, -0.1) is 0 Å². The van der Waals surface area contributed by atoms with Crippen molar-refractivity contribution >= 4 is 35.4 Å². The number of rotatable bonds is 7. The van der Waals surface area contributed by atoms with Crippen molar-refractivity contribution < 1.29 is 4.74 Å². The maximum atomic E-state index is 12.4. The number of hydrogen-bond acceptors (Lipinski definition) is 6. The van der Waals surface area contributed by atoms with Gasteiger partial charge in [0.15, 0.2) is 0 Å². The van der Waals surface area contributed by atoms with Crippen molar-refractivity contribution in [3.05, 3.63) is 110 Å². The fourth-order valence-electron chi connectivity index (χ4n) is 3.11. The van der Waals surface area contributed by atoms with E-state index in [1.807, 2.05) is 42.5 Å². The van der Waals surface area contributed by atoms with Gasteiger partial charge in [-0.1, -0.05) is 71.7 Å². The number of nitrogens with one attached hydrogen (secondary N) is 2. The molecule has 0 aliphatic heterocycles. The predicted octanol–water partition coefficient (Wildman–Crippen LogP) is 5.64. The smallest absolute Gasteiger partial charge is 0.270 e. The van der Waals surface area contributed by atoms with E-state index in [1.165, 1.54) is 0 Å². The highest BCUT2D eigenvalue weighted by molar-refractivity contribution is 6.42. The Kier molecular flexibility index (Phi) is 7.23. The Morgan fingerprint density at radius 2 is 1.82 bits per heavy atom. The molecule has 168 valence electrons. The first kappa shape index (κ1) is 23.1. The average Bonchev–Trinajstić information content (AvgIpc) is 2.85. The Labute approximate surface area is 205 Å². The Balaban J connectivity index is 1.52. The first-order valence-corrected chi connectivity index (χ1v) is 10.9. The number of benzene rings is 3. The van der Waals surface area contributed by atoms with E-state index in [9.17, 15) is 10.1 Å². The summed E-state index contributed by atoms with van der Waals surface area (Å²) in [6, 6.07) is 23.6. The molecule has 4 aromatic rings.